The number of aliphatic carboxylic acids is 1. The second-order valence-corrected chi connectivity index (χ2v) is 6.44. The van der Waals surface area contributed by atoms with Gasteiger partial charge in [-0.3, -0.25) is 4.57 Å². The zero-order valence-electron chi connectivity index (χ0n) is 11.3. The minimum atomic E-state index is -1.10. The lowest BCUT2D eigenvalue weighted by Crippen LogP contribution is -3.06. The molecular formula is C12H16N4O2S2. The Kier molecular flexibility index (Phi) is 5.16. The maximum Gasteiger partial charge on any atom is 0.192 e. The minimum absolute atomic E-state index is 0.114. The third kappa shape index (κ3) is 3.81. The molecule has 0 saturated carbocycles. The predicted octanol–water partition coefficient (Wildman–Crippen LogP) is -1.01. The van der Waals surface area contributed by atoms with Gasteiger partial charge in [0.2, 0.25) is 0 Å². The third-order valence-electron chi connectivity index (χ3n) is 2.61. The fourth-order valence-electron chi connectivity index (χ4n) is 1.64. The number of thioether (sulfide) groups is 1. The van der Waals surface area contributed by atoms with Gasteiger partial charge in [0.15, 0.2) is 11.0 Å². The molecule has 0 aliphatic heterocycles. The smallest absolute Gasteiger partial charge is 0.192 e. The molecule has 0 amide bonds. The number of carbonyl (C=O) groups excluding carboxylic acids is 1. The highest BCUT2D eigenvalue weighted by atomic mass is 32.2. The molecule has 0 aromatic carbocycles. The van der Waals surface area contributed by atoms with Crippen molar-refractivity contribution < 1.29 is 14.8 Å². The largest absolute Gasteiger partial charge is 0.549 e. The van der Waals surface area contributed by atoms with Crippen molar-refractivity contribution >= 4 is 29.1 Å². The van der Waals surface area contributed by atoms with Crippen molar-refractivity contribution in [2.24, 2.45) is 0 Å². The van der Waals surface area contributed by atoms with Gasteiger partial charge >= 0.3 is 0 Å². The van der Waals surface area contributed by atoms with Gasteiger partial charge in [0, 0.05) is 5.75 Å². The number of nitrogens with one attached hydrogen (secondary N) is 1. The van der Waals surface area contributed by atoms with Crippen LogP contribution in [-0.4, -0.2) is 47.1 Å². The van der Waals surface area contributed by atoms with E-state index in [9.17, 15) is 9.90 Å². The van der Waals surface area contributed by atoms with E-state index in [2.05, 4.69) is 24.3 Å². The molecule has 0 bridgehead atoms. The molecule has 0 fully saturated rings. The first-order valence-corrected chi connectivity index (χ1v) is 8.03. The zero-order valence-corrected chi connectivity index (χ0v) is 13.0. The second kappa shape index (κ2) is 6.87. The van der Waals surface area contributed by atoms with Gasteiger partial charge in [-0.15, -0.1) is 21.5 Å². The van der Waals surface area contributed by atoms with Crippen molar-refractivity contribution in [1.82, 2.24) is 14.8 Å². The van der Waals surface area contributed by atoms with Crippen LogP contribution in [0, 0.1) is 0 Å². The summed E-state index contributed by atoms with van der Waals surface area (Å²) in [7, 11) is 4.15. The molecule has 2 rings (SSSR count). The van der Waals surface area contributed by atoms with Crippen LogP contribution >= 0.6 is 23.1 Å². The maximum atomic E-state index is 10.6. The predicted molar refractivity (Wildman–Crippen MR) is 76.7 cm³/mol. The number of carboxylic acids is 1. The molecule has 2 aromatic heterocycles. The van der Waals surface area contributed by atoms with Crippen LogP contribution < -0.4 is 10.0 Å². The Morgan fingerprint density at radius 1 is 1.50 bits per heavy atom. The van der Waals surface area contributed by atoms with Crippen molar-refractivity contribution in [2.75, 3.05) is 26.4 Å². The first-order valence-electron chi connectivity index (χ1n) is 6.16. The van der Waals surface area contributed by atoms with E-state index in [1.54, 1.807) is 11.3 Å². The Hall–Kier alpha value is -1.38. The highest BCUT2D eigenvalue weighted by molar-refractivity contribution is 7.99. The van der Waals surface area contributed by atoms with Crippen molar-refractivity contribution in [3.05, 3.63) is 17.5 Å². The van der Waals surface area contributed by atoms with Gasteiger partial charge in [-0.25, -0.2) is 0 Å². The van der Waals surface area contributed by atoms with E-state index in [1.807, 2.05) is 22.1 Å². The molecule has 0 aliphatic rings. The van der Waals surface area contributed by atoms with Gasteiger partial charge in [0.05, 0.1) is 38.0 Å². The Morgan fingerprint density at radius 3 is 2.90 bits per heavy atom. The average molecular weight is 312 g/mol. The van der Waals surface area contributed by atoms with Gasteiger partial charge in [-0.2, -0.15) is 0 Å². The maximum absolute atomic E-state index is 10.6. The summed E-state index contributed by atoms with van der Waals surface area (Å²) in [6.45, 7) is 1.66. The van der Waals surface area contributed by atoms with Crippen molar-refractivity contribution in [1.29, 1.82) is 0 Å². The summed E-state index contributed by atoms with van der Waals surface area (Å²) < 4.78 is 1.98. The first-order chi connectivity index (χ1) is 9.58. The summed E-state index contributed by atoms with van der Waals surface area (Å²) in [5, 5.41) is 21.5. The molecule has 0 aliphatic carbocycles. The number of quaternary nitrogens is 1. The van der Waals surface area contributed by atoms with Gasteiger partial charge in [-0.1, -0.05) is 17.8 Å². The molecule has 20 heavy (non-hydrogen) atoms. The van der Waals surface area contributed by atoms with Crippen molar-refractivity contribution in [3.63, 3.8) is 0 Å². The second-order valence-electron chi connectivity index (χ2n) is 4.55. The van der Waals surface area contributed by atoms with Crippen LogP contribution in [0.3, 0.4) is 0 Å². The van der Waals surface area contributed by atoms with Gasteiger partial charge < -0.3 is 14.8 Å². The molecule has 0 spiro atoms. The van der Waals surface area contributed by atoms with Crippen molar-refractivity contribution in [2.45, 2.75) is 11.7 Å². The number of aromatic nitrogens is 3. The summed E-state index contributed by atoms with van der Waals surface area (Å²) in [5.41, 5.74) is 0. The number of hydrogen-bond donors (Lipinski definition) is 1. The SMILES string of the molecule is C[NH+](C)CCn1c(SCC(=O)[O-])nnc1-c1cccs1. The number of carbonyl (C=O) groups is 1. The summed E-state index contributed by atoms with van der Waals surface area (Å²) in [6, 6.07) is 3.95. The van der Waals surface area contributed by atoms with E-state index in [4.69, 9.17) is 0 Å². The topological polar surface area (TPSA) is 75.3 Å². The molecule has 2 aromatic rings. The van der Waals surface area contributed by atoms with Crippen LogP contribution in [-0.2, 0) is 11.3 Å². The van der Waals surface area contributed by atoms with E-state index in [-0.39, 0.29) is 5.75 Å². The summed E-state index contributed by atoms with van der Waals surface area (Å²) in [5.74, 6) is -0.417. The van der Waals surface area contributed by atoms with Crippen LogP contribution in [0.15, 0.2) is 22.7 Å². The fourth-order valence-corrected chi connectivity index (χ4v) is 3.04. The summed E-state index contributed by atoms with van der Waals surface area (Å²) in [6.07, 6.45) is 0. The Balaban J connectivity index is 2.25. The van der Waals surface area contributed by atoms with Crippen LogP contribution in [0.25, 0.3) is 10.7 Å². The molecule has 6 nitrogen and oxygen atoms in total. The van der Waals surface area contributed by atoms with E-state index >= 15 is 0 Å². The number of likely N-dealkylation sites (N-methyl/N-ethyl adjacent to an activating group) is 1. The molecule has 8 heteroatoms. The van der Waals surface area contributed by atoms with Crippen LogP contribution in [0.2, 0.25) is 0 Å². The number of carboxylic acid groups (broad SMARTS) is 1. The van der Waals surface area contributed by atoms with Crippen molar-refractivity contribution in [3.8, 4) is 10.7 Å². The molecule has 2 heterocycles. The van der Waals surface area contributed by atoms with Crippen LogP contribution in [0.5, 0.6) is 0 Å². The van der Waals surface area contributed by atoms with Crippen LogP contribution in [0.1, 0.15) is 0 Å². The average Bonchev–Trinajstić information content (AvgIpc) is 3.02. The number of thiophene rings is 1. The highest BCUT2D eigenvalue weighted by Gasteiger charge is 2.15. The molecule has 0 atom stereocenters. The van der Waals surface area contributed by atoms with E-state index in [0.29, 0.717) is 5.16 Å². The Morgan fingerprint density at radius 2 is 2.30 bits per heavy atom. The molecule has 0 saturated heterocycles. The highest BCUT2D eigenvalue weighted by Crippen LogP contribution is 2.26. The lowest BCUT2D eigenvalue weighted by Gasteiger charge is -2.11. The standard InChI is InChI=1S/C12H16N4O2S2/c1-15(2)5-6-16-11(9-4-3-7-19-9)13-14-12(16)20-8-10(17)18/h3-4,7H,5-6,8H2,1-2H3,(H,17,18). The summed E-state index contributed by atoms with van der Waals surface area (Å²) >= 11 is 2.74. The molecular weight excluding hydrogens is 296 g/mol. The van der Waals surface area contributed by atoms with Gasteiger partial charge in [0.1, 0.15) is 0 Å². The molecule has 0 radical (unpaired) electrons. The summed E-state index contributed by atoms with van der Waals surface area (Å²) in [4.78, 5) is 12.9. The lowest BCUT2D eigenvalue weighted by molar-refractivity contribution is -0.859. The van der Waals surface area contributed by atoms with Crippen LogP contribution in [0.4, 0.5) is 0 Å². The van der Waals surface area contributed by atoms with E-state index in [0.717, 1.165) is 35.6 Å². The molecule has 108 valence electrons. The van der Waals surface area contributed by atoms with E-state index in [1.165, 1.54) is 4.90 Å². The monoisotopic (exact) mass is 312 g/mol. The number of rotatable bonds is 7. The normalized spacial score (nSPS) is 11.2. The Bertz CT molecular complexity index is 566. The quantitative estimate of drug-likeness (QED) is 0.663. The Labute approximate surface area is 125 Å². The van der Waals surface area contributed by atoms with Gasteiger partial charge in [0.25, 0.3) is 0 Å². The molecule has 0 unspecified atom stereocenters. The number of nitrogens with zero attached hydrogens (tertiary/aromatic N) is 3. The van der Waals surface area contributed by atoms with Gasteiger partial charge in [-0.05, 0) is 11.4 Å². The zero-order chi connectivity index (χ0) is 14.5. The first kappa shape index (κ1) is 15.0. The fraction of sp³-hybridized carbons (Fsp3) is 0.417. The lowest BCUT2D eigenvalue weighted by atomic mass is 10.4. The van der Waals surface area contributed by atoms with E-state index < -0.39 is 5.97 Å². The number of hydrogen-bond acceptors (Lipinski definition) is 6. The minimum Gasteiger partial charge on any atom is -0.549 e. The third-order valence-corrected chi connectivity index (χ3v) is 4.42. The molecule has 1 N–H and O–H groups in total.